The number of rotatable bonds is 11. The maximum Gasteiger partial charge on any atom is 0.511 e. The molecule has 2 saturated carbocycles. The first-order valence-corrected chi connectivity index (χ1v) is 23.3. The monoisotopic (exact) mass is 835 g/mol. The van der Waals surface area contributed by atoms with Gasteiger partial charge in [0.2, 0.25) is 0 Å². The van der Waals surface area contributed by atoms with Crippen LogP contribution in [-0.4, -0.2) is 92.0 Å². The Labute approximate surface area is 356 Å². The zero-order valence-electron chi connectivity index (χ0n) is 38.9. The molecule has 0 unspecified atom stereocenters. The molecule has 0 amide bonds. The lowest BCUT2D eigenvalue weighted by molar-refractivity contribution is -0.332. The van der Waals surface area contributed by atoms with E-state index in [-0.39, 0.29) is 47.2 Å². The van der Waals surface area contributed by atoms with Crippen molar-refractivity contribution in [2.45, 2.75) is 219 Å². The van der Waals surface area contributed by atoms with Crippen LogP contribution < -0.4 is 10.6 Å². The smallest absolute Gasteiger partial charge is 0.433 e. The van der Waals surface area contributed by atoms with E-state index in [4.69, 9.17) is 37.9 Å². The molecule has 4 heterocycles. The van der Waals surface area contributed by atoms with E-state index in [2.05, 4.69) is 86.8 Å². The summed E-state index contributed by atoms with van der Waals surface area (Å²) < 4.78 is 50.9. The average Bonchev–Trinajstić information content (AvgIpc) is 3.15. The molecule has 59 heavy (non-hydrogen) atoms. The molecule has 2 aliphatic carbocycles. The molecular formula is C47H82N2O10. The molecule has 12 heteroatoms. The van der Waals surface area contributed by atoms with Crippen LogP contribution in [0.25, 0.3) is 0 Å². The van der Waals surface area contributed by atoms with Gasteiger partial charge in [-0.25, -0.2) is 9.59 Å². The van der Waals surface area contributed by atoms with E-state index in [0.717, 1.165) is 77.0 Å². The summed E-state index contributed by atoms with van der Waals surface area (Å²) in [4.78, 5) is 27.9. The van der Waals surface area contributed by atoms with Gasteiger partial charge in [-0.3, -0.25) is 0 Å². The van der Waals surface area contributed by atoms with E-state index >= 15 is 0 Å². The molecule has 12 nitrogen and oxygen atoms in total. The van der Waals surface area contributed by atoms with Gasteiger partial charge in [0.1, 0.15) is 13.2 Å². The lowest BCUT2D eigenvalue weighted by Gasteiger charge is -2.55. The van der Waals surface area contributed by atoms with Crippen LogP contribution in [0.2, 0.25) is 0 Å². The quantitative estimate of drug-likeness (QED) is 0.152. The minimum Gasteiger partial charge on any atom is -0.433 e. The van der Waals surface area contributed by atoms with Gasteiger partial charge in [-0.2, -0.15) is 0 Å². The second-order valence-electron chi connectivity index (χ2n) is 22.9. The van der Waals surface area contributed by atoms with Gasteiger partial charge in [0.05, 0.1) is 37.3 Å². The number of carbonyl (C=O) groups excluding carboxylic acids is 2. The maximum absolute atomic E-state index is 14.0. The molecular weight excluding hydrogens is 753 g/mol. The standard InChI is InChI=1S/C47H82N2O10/c1-12-44(30-54-46(55-31-44)24-39(3,4)48-40(5,6)25-46)28-52-37(50)58-36(43(11,34-20-16-14-17-21-34)35-22-18-15-19-23-35)59-38(51)53-29-45(13-2)32-56-47(57-33-45)26-41(7,8)49-42(9,10)27-47/h34-36,48-49H,12-33H2,1-11H3. The molecule has 4 saturated heterocycles. The summed E-state index contributed by atoms with van der Waals surface area (Å²) in [5.41, 5.74) is -2.32. The number of hydrogen-bond donors (Lipinski definition) is 2. The third-order valence-electron chi connectivity index (χ3n) is 15.1. The van der Waals surface area contributed by atoms with Gasteiger partial charge in [0, 0.05) is 53.3 Å². The fourth-order valence-corrected chi connectivity index (χ4v) is 12.4. The zero-order valence-corrected chi connectivity index (χ0v) is 38.9. The highest BCUT2D eigenvalue weighted by Crippen LogP contribution is 2.53. The van der Waals surface area contributed by atoms with Crippen molar-refractivity contribution in [3.8, 4) is 0 Å². The molecule has 0 atom stereocenters. The van der Waals surface area contributed by atoms with Crippen molar-refractivity contribution in [2.24, 2.45) is 28.1 Å². The Morgan fingerprint density at radius 3 is 1.15 bits per heavy atom. The van der Waals surface area contributed by atoms with Gasteiger partial charge in [0.25, 0.3) is 6.29 Å². The molecule has 0 radical (unpaired) electrons. The van der Waals surface area contributed by atoms with Crippen LogP contribution in [-0.2, 0) is 37.9 Å². The Morgan fingerprint density at radius 2 is 0.864 bits per heavy atom. The first-order valence-electron chi connectivity index (χ1n) is 23.3. The Morgan fingerprint density at radius 1 is 0.559 bits per heavy atom. The summed E-state index contributed by atoms with van der Waals surface area (Å²) in [6.07, 6.45) is 12.1. The minimum absolute atomic E-state index is 0.0646. The first-order chi connectivity index (χ1) is 27.5. The van der Waals surface area contributed by atoms with Gasteiger partial charge in [-0.15, -0.1) is 0 Å². The molecule has 6 fully saturated rings. The third-order valence-corrected chi connectivity index (χ3v) is 15.1. The largest absolute Gasteiger partial charge is 0.511 e. The molecule has 6 aliphatic rings. The van der Waals surface area contributed by atoms with Crippen LogP contribution >= 0.6 is 0 Å². The average molecular weight is 835 g/mol. The second kappa shape index (κ2) is 17.5. The van der Waals surface area contributed by atoms with Gasteiger partial charge < -0.3 is 48.5 Å². The maximum atomic E-state index is 14.0. The molecule has 2 spiro atoms. The van der Waals surface area contributed by atoms with Gasteiger partial charge >= 0.3 is 12.3 Å². The topological polar surface area (TPSA) is 132 Å². The number of carbonyl (C=O) groups is 2. The molecule has 4 aliphatic heterocycles. The molecule has 6 rings (SSSR count). The van der Waals surface area contributed by atoms with Crippen molar-refractivity contribution in [3.63, 3.8) is 0 Å². The van der Waals surface area contributed by atoms with Crippen LogP contribution in [0.3, 0.4) is 0 Å². The number of piperidine rings is 2. The summed E-state index contributed by atoms with van der Waals surface area (Å²) >= 11 is 0. The highest BCUT2D eigenvalue weighted by atomic mass is 16.8. The van der Waals surface area contributed by atoms with E-state index < -0.39 is 46.4 Å². The first kappa shape index (κ1) is 46.8. The molecule has 0 aromatic heterocycles. The van der Waals surface area contributed by atoms with E-state index in [1.807, 2.05) is 0 Å². The summed E-state index contributed by atoms with van der Waals surface area (Å²) in [5.74, 6) is -0.960. The third kappa shape index (κ3) is 11.1. The van der Waals surface area contributed by atoms with Crippen molar-refractivity contribution in [1.29, 1.82) is 0 Å². The van der Waals surface area contributed by atoms with Crippen LogP contribution in [0.15, 0.2) is 0 Å². The van der Waals surface area contributed by atoms with Crippen molar-refractivity contribution in [3.05, 3.63) is 0 Å². The minimum atomic E-state index is -1.17. The Kier molecular flexibility index (Phi) is 13.8. The highest BCUT2D eigenvalue weighted by molar-refractivity contribution is 5.62. The van der Waals surface area contributed by atoms with E-state index in [0.29, 0.717) is 39.3 Å². The van der Waals surface area contributed by atoms with Crippen LogP contribution in [0.5, 0.6) is 0 Å². The van der Waals surface area contributed by atoms with Crippen LogP contribution in [0.1, 0.15) is 179 Å². The van der Waals surface area contributed by atoms with Gasteiger partial charge in [-0.1, -0.05) is 59.3 Å². The Balaban J connectivity index is 1.14. The fourth-order valence-electron chi connectivity index (χ4n) is 12.4. The predicted octanol–water partition coefficient (Wildman–Crippen LogP) is 9.95. The lowest BCUT2D eigenvalue weighted by atomic mass is 9.59. The van der Waals surface area contributed by atoms with Crippen LogP contribution in [0.4, 0.5) is 9.59 Å². The van der Waals surface area contributed by atoms with Gasteiger partial charge in [0.15, 0.2) is 11.6 Å². The molecule has 0 aromatic rings. The van der Waals surface area contributed by atoms with E-state index in [9.17, 15) is 9.59 Å². The number of nitrogens with one attached hydrogen (secondary N) is 2. The highest BCUT2D eigenvalue weighted by Gasteiger charge is 2.56. The Hall–Kier alpha value is -1.70. The summed E-state index contributed by atoms with van der Waals surface area (Å²) in [6, 6.07) is 0. The SMILES string of the molecule is CCC1(COC(=O)OC(OC(=O)OCC2(CC)COC3(CC(C)(C)NC(C)(C)C3)OC2)C(C)(C2CCCCC2)C2CCCCC2)COC2(CC(C)(C)NC(C)(C)C2)OC1. The van der Waals surface area contributed by atoms with E-state index in [1.165, 1.54) is 12.8 Å². The van der Waals surface area contributed by atoms with Crippen molar-refractivity contribution >= 4 is 12.3 Å². The summed E-state index contributed by atoms with van der Waals surface area (Å²) in [6.45, 7) is 25.5. The van der Waals surface area contributed by atoms with Gasteiger partial charge in [-0.05, 0) is 106 Å². The lowest BCUT2D eigenvalue weighted by Crippen LogP contribution is -2.67. The molecule has 2 N–H and O–H groups in total. The van der Waals surface area contributed by atoms with Crippen molar-refractivity contribution in [1.82, 2.24) is 10.6 Å². The number of ether oxygens (including phenoxy) is 8. The Bertz CT molecular complexity index is 1290. The van der Waals surface area contributed by atoms with E-state index in [1.54, 1.807) is 0 Å². The zero-order chi connectivity index (χ0) is 43.0. The normalized spacial score (nSPS) is 28.5. The summed E-state index contributed by atoms with van der Waals surface area (Å²) in [7, 11) is 0. The van der Waals surface area contributed by atoms with Crippen molar-refractivity contribution < 1.29 is 47.5 Å². The molecule has 0 aromatic carbocycles. The predicted molar refractivity (Wildman–Crippen MR) is 226 cm³/mol. The summed E-state index contributed by atoms with van der Waals surface area (Å²) in [5, 5.41) is 7.42. The van der Waals surface area contributed by atoms with Crippen LogP contribution in [0, 0.1) is 28.1 Å². The second-order valence-corrected chi connectivity index (χ2v) is 22.9. The number of hydrogen-bond acceptors (Lipinski definition) is 12. The van der Waals surface area contributed by atoms with Crippen molar-refractivity contribution in [2.75, 3.05) is 39.6 Å². The molecule has 340 valence electrons. The molecule has 0 bridgehead atoms. The fraction of sp³-hybridized carbons (Fsp3) is 0.957.